The van der Waals surface area contributed by atoms with Gasteiger partial charge in [-0.2, -0.15) is 15.1 Å². The number of thioether (sulfide) groups is 1. The molecule has 3 heterocycles. The number of carbonyl (C=O) groups is 1. The third-order valence-electron chi connectivity index (χ3n) is 5.49. The quantitative estimate of drug-likeness (QED) is 0.348. The van der Waals surface area contributed by atoms with E-state index in [1.807, 2.05) is 37.3 Å². The standard InChI is InChI=1S/C27H23N5O4S/c1-17-5-8-20(9-6-17)35-12-13-36-22-10-7-18(15-23(22)34-2)14-21-24(28)32-27(30-25(21)33)37-26(31-32)19-4-3-11-29-16-19/h3-11,14-16,28H,12-13H2,1-2H3/b21-14-,28-24?. The summed E-state index contributed by atoms with van der Waals surface area (Å²) in [7, 11) is 1.54. The van der Waals surface area contributed by atoms with Gasteiger partial charge in [-0.25, -0.2) is 0 Å². The maximum Gasteiger partial charge on any atom is 0.283 e. The van der Waals surface area contributed by atoms with Gasteiger partial charge in [0.25, 0.3) is 5.91 Å². The van der Waals surface area contributed by atoms with E-state index in [0.29, 0.717) is 40.5 Å². The molecule has 10 heteroatoms. The van der Waals surface area contributed by atoms with E-state index in [4.69, 9.17) is 19.6 Å². The summed E-state index contributed by atoms with van der Waals surface area (Å²) in [6, 6.07) is 16.8. The van der Waals surface area contributed by atoms with Gasteiger partial charge in [0.1, 0.15) is 24.0 Å². The van der Waals surface area contributed by atoms with Gasteiger partial charge in [-0.3, -0.25) is 15.2 Å². The zero-order chi connectivity index (χ0) is 25.8. The van der Waals surface area contributed by atoms with Crippen LogP contribution < -0.4 is 14.2 Å². The van der Waals surface area contributed by atoms with Crippen LogP contribution in [-0.2, 0) is 4.79 Å². The number of ether oxygens (including phenoxy) is 3. The molecule has 5 rings (SSSR count). The molecule has 2 aliphatic rings. The van der Waals surface area contributed by atoms with E-state index < -0.39 is 5.91 Å². The molecular weight excluding hydrogens is 490 g/mol. The summed E-state index contributed by atoms with van der Waals surface area (Å²) in [5.74, 6) is 1.27. The molecule has 1 aromatic heterocycles. The molecule has 0 fully saturated rings. The van der Waals surface area contributed by atoms with Crippen molar-refractivity contribution in [2.75, 3.05) is 20.3 Å². The summed E-state index contributed by atoms with van der Waals surface area (Å²) in [4.78, 5) is 21.0. The number of amides is 1. The number of carbonyl (C=O) groups excluding carboxylic acids is 1. The number of methoxy groups -OCH3 is 1. The molecule has 1 N–H and O–H groups in total. The van der Waals surface area contributed by atoms with E-state index in [-0.39, 0.29) is 11.4 Å². The van der Waals surface area contributed by atoms with Crippen LogP contribution in [0.25, 0.3) is 6.08 Å². The van der Waals surface area contributed by atoms with Gasteiger partial charge in [0.2, 0.25) is 5.17 Å². The minimum Gasteiger partial charge on any atom is -0.493 e. The van der Waals surface area contributed by atoms with Crippen LogP contribution in [0.15, 0.2) is 82.7 Å². The summed E-state index contributed by atoms with van der Waals surface area (Å²) >= 11 is 1.23. The third kappa shape index (κ3) is 5.39. The summed E-state index contributed by atoms with van der Waals surface area (Å²) < 4.78 is 17.0. The average molecular weight is 514 g/mol. The van der Waals surface area contributed by atoms with Crippen LogP contribution >= 0.6 is 11.8 Å². The second kappa shape index (κ2) is 10.7. The molecule has 1 amide bonds. The number of hydrogen-bond donors (Lipinski definition) is 1. The fraction of sp³-hybridized carbons (Fsp3) is 0.148. The second-order valence-electron chi connectivity index (χ2n) is 8.09. The van der Waals surface area contributed by atoms with E-state index in [1.165, 1.54) is 22.3 Å². The van der Waals surface area contributed by atoms with Crippen LogP contribution in [-0.4, -0.2) is 52.3 Å². The van der Waals surface area contributed by atoms with Gasteiger partial charge in [0.05, 0.1) is 12.7 Å². The lowest BCUT2D eigenvalue weighted by atomic mass is 10.1. The number of aromatic nitrogens is 1. The van der Waals surface area contributed by atoms with E-state index in [1.54, 1.807) is 49.8 Å². The first-order chi connectivity index (χ1) is 18.0. The third-order valence-corrected chi connectivity index (χ3v) is 6.45. The number of hydrazone groups is 1. The Morgan fingerprint density at radius 3 is 2.62 bits per heavy atom. The molecule has 0 radical (unpaired) electrons. The number of amidine groups is 2. The zero-order valence-corrected chi connectivity index (χ0v) is 21.0. The molecule has 0 saturated heterocycles. The minimum atomic E-state index is -0.501. The van der Waals surface area contributed by atoms with Crippen molar-refractivity contribution in [1.82, 2.24) is 9.99 Å². The van der Waals surface area contributed by atoms with Crippen LogP contribution in [0, 0.1) is 12.3 Å². The van der Waals surface area contributed by atoms with Gasteiger partial charge in [-0.05, 0) is 66.7 Å². The Kier molecular flexibility index (Phi) is 7.00. The molecule has 9 nitrogen and oxygen atoms in total. The van der Waals surface area contributed by atoms with Crippen LogP contribution in [0.3, 0.4) is 0 Å². The maximum atomic E-state index is 12.8. The van der Waals surface area contributed by atoms with Crippen molar-refractivity contribution in [3.63, 3.8) is 0 Å². The Morgan fingerprint density at radius 1 is 1.05 bits per heavy atom. The van der Waals surface area contributed by atoms with Crippen molar-refractivity contribution in [3.05, 3.63) is 89.3 Å². The van der Waals surface area contributed by atoms with Gasteiger partial charge in [-0.15, -0.1) is 0 Å². The van der Waals surface area contributed by atoms with Crippen molar-refractivity contribution in [3.8, 4) is 17.2 Å². The van der Waals surface area contributed by atoms with E-state index in [9.17, 15) is 4.79 Å². The molecule has 0 unspecified atom stereocenters. The van der Waals surface area contributed by atoms with Crippen molar-refractivity contribution in [1.29, 1.82) is 5.41 Å². The maximum absolute atomic E-state index is 12.8. The lowest BCUT2D eigenvalue weighted by Gasteiger charge is -2.20. The number of rotatable bonds is 8. The van der Waals surface area contributed by atoms with Gasteiger partial charge in [0.15, 0.2) is 17.3 Å². The Labute approximate surface area is 218 Å². The number of hydrogen-bond acceptors (Lipinski definition) is 8. The molecule has 2 aromatic carbocycles. The predicted octanol–water partition coefficient (Wildman–Crippen LogP) is 4.52. The van der Waals surface area contributed by atoms with E-state index in [2.05, 4.69) is 15.1 Å². The van der Waals surface area contributed by atoms with Crippen molar-refractivity contribution in [2.24, 2.45) is 10.1 Å². The highest BCUT2D eigenvalue weighted by Crippen LogP contribution is 2.32. The molecular formula is C27H23N5O4S. The fourth-order valence-corrected chi connectivity index (χ4v) is 4.48. The van der Waals surface area contributed by atoms with Crippen LogP contribution in [0.4, 0.5) is 0 Å². The number of fused-ring (bicyclic) bond motifs is 1. The molecule has 0 atom stereocenters. The molecule has 0 aliphatic carbocycles. The topological polar surface area (TPSA) is 109 Å². The highest BCUT2D eigenvalue weighted by molar-refractivity contribution is 8.27. The van der Waals surface area contributed by atoms with Gasteiger partial charge in [-0.1, -0.05) is 23.8 Å². The first-order valence-electron chi connectivity index (χ1n) is 11.4. The Bertz CT molecular complexity index is 1430. The highest BCUT2D eigenvalue weighted by atomic mass is 32.2. The number of nitrogens with one attached hydrogen (secondary N) is 1. The number of benzene rings is 2. The molecule has 3 aromatic rings. The smallest absolute Gasteiger partial charge is 0.283 e. The number of pyridine rings is 1. The highest BCUT2D eigenvalue weighted by Gasteiger charge is 2.36. The predicted molar refractivity (Wildman–Crippen MR) is 144 cm³/mol. The molecule has 37 heavy (non-hydrogen) atoms. The Hall–Kier alpha value is -4.44. The van der Waals surface area contributed by atoms with Gasteiger partial charge < -0.3 is 14.2 Å². The number of aryl methyl sites for hydroxylation is 1. The Morgan fingerprint density at radius 2 is 1.86 bits per heavy atom. The first kappa shape index (κ1) is 24.3. The summed E-state index contributed by atoms with van der Waals surface area (Å²) in [6.45, 7) is 2.73. The van der Waals surface area contributed by atoms with Gasteiger partial charge in [0, 0.05) is 18.0 Å². The monoisotopic (exact) mass is 513 g/mol. The Balaban J connectivity index is 1.28. The van der Waals surface area contributed by atoms with Crippen molar-refractivity contribution < 1.29 is 19.0 Å². The molecule has 186 valence electrons. The summed E-state index contributed by atoms with van der Waals surface area (Å²) in [5, 5.41) is 15.4. The first-order valence-corrected chi connectivity index (χ1v) is 12.2. The molecule has 0 bridgehead atoms. The lowest BCUT2D eigenvalue weighted by Crippen LogP contribution is -2.35. The SMILES string of the molecule is COc1cc(/C=C2/C(=N)N3N=C(c4cccnc4)SC3=NC2=O)ccc1OCCOc1ccc(C)cc1. The number of nitrogens with zero attached hydrogens (tertiary/aromatic N) is 4. The normalized spacial score (nSPS) is 15.8. The fourth-order valence-electron chi connectivity index (χ4n) is 3.60. The zero-order valence-electron chi connectivity index (χ0n) is 20.2. The summed E-state index contributed by atoms with van der Waals surface area (Å²) in [6.07, 6.45) is 4.95. The van der Waals surface area contributed by atoms with E-state index >= 15 is 0 Å². The van der Waals surface area contributed by atoms with Crippen LogP contribution in [0.1, 0.15) is 16.7 Å². The molecule has 2 aliphatic heterocycles. The van der Waals surface area contributed by atoms with Crippen molar-refractivity contribution in [2.45, 2.75) is 6.92 Å². The molecule has 0 saturated carbocycles. The van der Waals surface area contributed by atoms with Crippen LogP contribution in [0.2, 0.25) is 0 Å². The van der Waals surface area contributed by atoms with Crippen LogP contribution in [0.5, 0.6) is 17.2 Å². The largest absolute Gasteiger partial charge is 0.493 e. The van der Waals surface area contributed by atoms with E-state index in [0.717, 1.165) is 11.3 Å². The van der Waals surface area contributed by atoms with Crippen molar-refractivity contribution >= 4 is 39.8 Å². The second-order valence-corrected chi connectivity index (χ2v) is 9.04. The van der Waals surface area contributed by atoms with Gasteiger partial charge >= 0.3 is 0 Å². The average Bonchev–Trinajstić information content (AvgIpc) is 3.35. The molecule has 0 spiro atoms. The minimum absolute atomic E-state index is 0.0473. The lowest BCUT2D eigenvalue weighted by molar-refractivity contribution is -0.114. The summed E-state index contributed by atoms with van der Waals surface area (Å²) in [5.41, 5.74) is 2.75. The number of aliphatic imine (C=N–C) groups is 1.